The summed E-state index contributed by atoms with van der Waals surface area (Å²) in [4.78, 5) is 11.8. The van der Waals surface area contributed by atoms with Crippen molar-refractivity contribution in [2.45, 2.75) is 19.4 Å². The average Bonchev–Trinajstić information content (AvgIpc) is 3.08. The van der Waals surface area contributed by atoms with Crippen LogP contribution in [0.15, 0.2) is 52.3 Å². The van der Waals surface area contributed by atoms with Gasteiger partial charge in [-0.25, -0.2) is 5.01 Å². The van der Waals surface area contributed by atoms with Gasteiger partial charge in [0.05, 0.1) is 11.8 Å². The van der Waals surface area contributed by atoms with Gasteiger partial charge >= 0.3 is 0 Å². The highest BCUT2D eigenvalue weighted by Gasteiger charge is 2.31. The molecule has 0 spiro atoms. The van der Waals surface area contributed by atoms with Gasteiger partial charge in [0.1, 0.15) is 0 Å². The number of amides is 1. The third-order valence-corrected chi connectivity index (χ3v) is 3.97. The van der Waals surface area contributed by atoms with Crippen LogP contribution in [0.1, 0.15) is 30.5 Å². The smallest absolute Gasteiger partial charge is 0.240 e. The van der Waals surface area contributed by atoms with E-state index in [1.165, 1.54) is 0 Å². The SMILES string of the molecule is CC(=O)N1N=C(c2ccccc2)CC1c1ccsc1. The molecular formula is C15H14N2OS. The van der Waals surface area contributed by atoms with Gasteiger partial charge in [0.2, 0.25) is 5.91 Å². The van der Waals surface area contributed by atoms with E-state index in [2.05, 4.69) is 16.5 Å². The second kappa shape index (κ2) is 4.97. The molecular weight excluding hydrogens is 256 g/mol. The molecule has 2 aromatic rings. The number of hydrogen-bond acceptors (Lipinski definition) is 3. The summed E-state index contributed by atoms with van der Waals surface area (Å²) in [5.41, 5.74) is 3.23. The summed E-state index contributed by atoms with van der Waals surface area (Å²) < 4.78 is 0. The van der Waals surface area contributed by atoms with Crippen molar-refractivity contribution < 1.29 is 4.79 Å². The van der Waals surface area contributed by atoms with E-state index in [1.807, 2.05) is 35.7 Å². The summed E-state index contributed by atoms with van der Waals surface area (Å²) >= 11 is 1.65. The maximum Gasteiger partial charge on any atom is 0.240 e. The topological polar surface area (TPSA) is 32.7 Å². The highest BCUT2D eigenvalue weighted by molar-refractivity contribution is 7.08. The maximum absolute atomic E-state index is 11.8. The summed E-state index contributed by atoms with van der Waals surface area (Å²) in [5, 5.41) is 10.2. The Morgan fingerprint density at radius 3 is 2.74 bits per heavy atom. The van der Waals surface area contributed by atoms with Crippen LogP contribution in [0.25, 0.3) is 0 Å². The molecule has 0 saturated carbocycles. The van der Waals surface area contributed by atoms with Gasteiger partial charge in [-0.1, -0.05) is 30.3 Å². The molecule has 96 valence electrons. The van der Waals surface area contributed by atoms with Crippen LogP contribution in [0.4, 0.5) is 0 Å². The molecule has 1 aromatic heterocycles. The van der Waals surface area contributed by atoms with Crippen molar-refractivity contribution in [1.29, 1.82) is 0 Å². The highest BCUT2D eigenvalue weighted by Crippen LogP contribution is 2.33. The third kappa shape index (κ3) is 2.31. The summed E-state index contributed by atoms with van der Waals surface area (Å²) in [6.07, 6.45) is 0.778. The van der Waals surface area contributed by atoms with Gasteiger partial charge in [-0.2, -0.15) is 16.4 Å². The van der Waals surface area contributed by atoms with Crippen LogP contribution < -0.4 is 0 Å². The number of carbonyl (C=O) groups is 1. The van der Waals surface area contributed by atoms with Crippen LogP contribution >= 0.6 is 11.3 Å². The van der Waals surface area contributed by atoms with E-state index in [0.717, 1.165) is 23.3 Å². The Morgan fingerprint density at radius 2 is 2.11 bits per heavy atom. The predicted molar refractivity (Wildman–Crippen MR) is 77.2 cm³/mol. The molecule has 1 amide bonds. The fourth-order valence-corrected chi connectivity index (χ4v) is 3.04. The van der Waals surface area contributed by atoms with Crippen molar-refractivity contribution in [1.82, 2.24) is 5.01 Å². The molecule has 2 heterocycles. The quantitative estimate of drug-likeness (QED) is 0.822. The number of benzene rings is 1. The number of hydrazone groups is 1. The molecule has 1 aliphatic heterocycles. The minimum absolute atomic E-state index is 0.0119. The molecule has 0 fully saturated rings. The number of thiophene rings is 1. The van der Waals surface area contributed by atoms with Gasteiger partial charge < -0.3 is 0 Å². The summed E-state index contributed by atoms with van der Waals surface area (Å²) in [7, 11) is 0. The lowest BCUT2D eigenvalue weighted by molar-refractivity contribution is -0.130. The minimum atomic E-state index is -0.0119. The van der Waals surface area contributed by atoms with E-state index in [-0.39, 0.29) is 11.9 Å². The Kier molecular flexibility index (Phi) is 3.17. The molecule has 0 bridgehead atoms. The number of rotatable bonds is 2. The first-order valence-corrected chi connectivity index (χ1v) is 7.15. The first-order valence-electron chi connectivity index (χ1n) is 6.20. The van der Waals surface area contributed by atoms with Gasteiger partial charge in [-0.15, -0.1) is 0 Å². The molecule has 4 heteroatoms. The van der Waals surface area contributed by atoms with Crippen molar-refractivity contribution in [2.24, 2.45) is 5.10 Å². The highest BCUT2D eigenvalue weighted by atomic mass is 32.1. The number of hydrogen-bond donors (Lipinski definition) is 0. The first kappa shape index (κ1) is 12.1. The van der Waals surface area contributed by atoms with Crippen LogP contribution in [0.2, 0.25) is 0 Å². The van der Waals surface area contributed by atoms with Crippen LogP contribution in [0.3, 0.4) is 0 Å². The molecule has 0 aliphatic carbocycles. The van der Waals surface area contributed by atoms with Gasteiger partial charge in [-0.05, 0) is 28.0 Å². The minimum Gasteiger partial charge on any atom is -0.273 e. The Labute approximate surface area is 116 Å². The van der Waals surface area contributed by atoms with Gasteiger partial charge in [0.25, 0.3) is 0 Å². The fraction of sp³-hybridized carbons (Fsp3) is 0.200. The molecule has 1 aromatic carbocycles. The van der Waals surface area contributed by atoms with E-state index in [9.17, 15) is 4.79 Å². The summed E-state index contributed by atoms with van der Waals surface area (Å²) in [5.74, 6) is -0.0119. The molecule has 3 rings (SSSR count). The molecule has 0 N–H and O–H groups in total. The second-order valence-electron chi connectivity index (χ2n) is 4.55. The van der Waals surface area contributed by atoms with Crippen LogP contribution in [0.5, 0.6) is 0 Å². The molecule has 1 aliphatic rings. The molecule has 19 heavy (non-hydrogen) atoms. The lowest BCUT2D eigenvalue weighted by Gasteiger charge is -2.18. The zero-order chi connectivity index (χ0) is 13.2. The monoisotopic (exact) mass is 270 g/mol. The van der Waals surface area contributed by atoms with E-state index >= 15 is 0 Å². The van der Waals surface area contributed by atoms with Gasteiger partial charge in [0, 0.05) is 13.3 Å². The predicted octanol–water partition coefficient (Wildman–Crippen LogP) is 3.45. The van der Waals surface area contributed by atoms with E-state index in [4.69, 9.17) is 0 Å². The number of carbonyl (C=O) groups excluding carboxylic acids is 1. The molecule has 1 unspecified atom stereocenters. The molecule has 1 atom stereocenters. The van der Waals surface area contributed by atoms with Crippen LogP contribution in [0, 0.1) is 0 Å². The number of nitrogens with zero attached hydrogens (tertiary/aromatic N) is 2. The maximum atomic E-state index is 11.8. The Bertz CT molecular complexity index is 604. The van der Waals surface area contributed by atoms with Crippen LogP contribution in [-0.2, 0) is 4.79 Å². The van der Waals surface area contributed by atoms with Crippen molar-refractivity contribution in [3.05, 3.63) is 58.3 Å². The van der Waals surface area contributed by atoms with Crippen molar-refractivity contribution in [3.63, 3.8) is 0 Å². The average molecular weight is 270 g/mol. The zero-order valence-electron chi connectivity index (χ0n) is 10.6. The third-order valence-electron chi connectivity index (χ3n) is 3.27. The van der Waals surface area contributed by atoms with Crippen LogP contribution in [-0.4, -0.2) is 16.6 Å². The summed E-state index contributed by atoms with van der Waals surface area (Å²) in [6, 6.07) is 12.1. The standard InChI is InChI=1S/C15H14N2OS/c1-11(18)17-15(13-7-8-19-10-13)9-14(16-17)12-5-3-2-4-6-12/h2-8,10,15H,9H2,1H3. The molecule has 0 radical (unpaired) electrons. The van der Waals surface area contributed by atoms with Crippen molar-refractivity contribution >= 4 is 23.0 Å². The van der Waals surface area contributed by atoms with Crippen molar-refractivity contribution in [2.75, 3.05) is 0 Å². The lowest BCUT2D eigenvalue weighted by atomic mass is 10.0. The molecule has 0 saturated heterocycles. The van der Waals surface area contributed by atoms with E-state index in [0.29, 0.717) is 0 Å². The first-order chi connectivity index (χ1) is 9.25. The Hall–Kier alpha value is -1.94. The largest absolute Gasteiger partial charge is 0.273 e. The van der Waals surface area contributed by atoms with Gasteiger partial charge in [0.15, 0.2) is 0 Å². The molecule has 3 nitrogen and oxygen atoms in total. The second-order valence-corrected chi connectivity index (χ2v) is 5.33. The fourth-order valence-electron chi connectivity index (χ4n) is 2.33. The summed E-state index contributed by atoms with van der Waals surface area (Å²) in [6.45, 7) is 1.57. The normalized spacial score (nSPS) is 18.5. The Morgan fingerprint density at radius 1 is 1.32 bits per heavy atom. The zero-order valence-corrected chi connectivity index (χ0v) is 11.4. The Balaban J connectivity index is 1.94. The van der Waals surface area contributed by atoms with E-state index < -0.39 is 0 Å². The van der Waals surface area contributed by atoms with Gasteiger partial charge in [-0.3, -0.25) is 4.79 Å². The van der Waals surface area contributed by atoms with E-state index in [1.54, 1.807) is 23.3 Å². The lowest BCUT2D eigenvalue weighted by Crippen LogP contribution is -2.23. The van der Waals surface area contributed by atoms with Crippen molar-refractivity contribution in [3.8, 4) is 0 Å².